The first kappa shape index (κ1) is 9.45. The molecule has 0 aromatic heterocycles. The molecular weight excluding hydrogens is 166 g/mol. The lowest BCUT2D eigenvalue weighted by Gasteiger charge is -1.97. The van der Waals surface area contributed by atoms with Crippen LogP contribution in [0.4, 0.5) is 0 Å². The molecule has 1 rings (SSSR count). The third-order valence-electron chi connectivity index (χ3n) is 1.60. The van der Waals surface area contributed by atoms with Gasteiger partial charge in [-0.25, -0.2) is 4.79 Å². The number of carboxylic acid groups (broad SMARTS) is 1. The molecule has 0 aliphatic carbocycles. The molecule has 0 saturated carbocycles. The van der Waals surface area contributed by atoms with Crippen LogP contribution in [0.3, 0.4) is 0 Å². The van der Waals surface area contributed by atoms with Crippen LogP contribution in [0.5, 0.6) is 0 Å². The largest absolute Gasteiger partial charge is 0.480 e. The van der Waals surface area contributed by atoms with Crippen LogP contribution in [0.2, 0.25) is 0 Å². The predicted molar refractivity (Wildman–Crippen MR) is 51.1 cm³/mol. The van der Waals surface area contributed by atoms with Crippen molar-refractivity contribution in [1.29, 1.82) is 0 Å². The number of benzene rings is 1. The molecule has 13 heavy (non-hydrogen) atoms. The van der Waals surface area contributed by atoms with E-state index >= 15 is 0 Å². The second kappa shape index (κ2) is 4.40. The zero-order valence-electron chi connectivity index (χ0n) is 7.34. The lowest BCUT2D eigenvalue weighted by Crippen LogP contribution is -2.12. The third kappa shape index (κ3) is 3.07. The maximum absolute atomic E-state index is 10.4. The van der Waals surface area contributed by atoms with E-state index in [1.807, 2.05) is 30.3 Å². The number of rotatable bonds is 3. The van der Waals surface area contributed by atoms with Crippen molar-refractivity contribution in [3.8, 4) is 0 Å². The second-order valence-corrected chi connectivity index (χ2v) is 2.70. The molecule has 0 fully saturated rings. The Morgan fingerprint density at radius 3 is 2.62 bits per heavy atom. The van der Waals surface area contributed by atoms with Crippen LogP contribution < -0.4 is 0 Å². The summed E-state index contributed by atoms with van der Waals surface area (Å²) in [4.78, 5) is 14.3. The number of nitrogens with zero attached hydrogens (tertiary/aromatic N) is 1. The van der Waals surface area contributed by atoms with E-state index in [9.17, 15) is 4.79 Å². The molecule has 68 valence electrons. The van der Waals surface area contributed by atoms with E-state index in [1.54, 1.807) is 13.1 Å². The smallest absolute Gasteiger partial charge is 0.328 e. The minimum Gasteiger partial charge on any atom is -0.480 e. The SMILES string of the molecule is C[C@@H](N=Cc1ccccc1)C(=O)O. The van der Waals surface area contributed by atoms with Crippen LogP contribution >= 0.6 is 0 Å². The summed E-state index contributed by atoms with van der Waals surface area (Å²) in [6.45, 7) is 1.54. The molecule has 0 heterocycles. The molecule has 3 nitrogen and oxygen atoms in total. The Bertz CT molecular complexity index is 306. The van der Waals surface area contributed by atoms with Gasteiger partial charge in [0, 0.05) is 6.21 Å². The zero-order valence-corrected chi connectivity index (χ0v) is 7.34. The van der Waals surface area contributed by atoms with Crippen molar-refractivity contribution in [3.05, 3.63) is 35.9 Å². The van der Waals surface area contributed by atoms with Crippen molar-refractivity contribution in [2.24, 2.45) is 4.99 Å². The van der Waals surface area contributed by atoms with Crippen molar-refractivity contribution < 1.29 is 9.90 Å². The molecule has 0 amide bonds. The minimum atomic E-state index is -0.910. The summed E-state index contributed by atoms with van der Waals surface area (Å²) >= 11 is 0. The van der Waals surface area contributed by atoms with Gasteiger partial charge in [0.1, 0.15) is 6.04 Å². The van der Waals surface area contributed by atoms with E-state index in [1.165, 1.54) is 0 Å². The lowest BCUT2D eigenvalue weighted by atomic mass is 10.2. The van der Waals surface area contributed by atoms with Crippen molar-refractivity contribution in [2.75, 3.05) is 0 Å². The number of aliphatic carboxylic acids is 1. The van der Waals surface area contributed by atoms with Gasteiger partial charge in [0.25, 0.3) is 0 Å². The van der Waals surface area contributed by atoms with Gasteiger partial charge in [0.2, 0.25) is 0 Å². The highest BCUT2D eigenvalue weighted by atomic mass is 16.4. The Hall–Kier alpha value is -1.64. The highest BCUT2D eigenvalue weighted by Crippen LogP contribution is 1.96. The Labute approximate surface area is 76.7 Å². The molecular formula is C10H11NO2. The summed E-state index contributed by atoms with van der Waals surface area (Å²) in [6.07, 6.45) is 1.57. The van der Waals surface area contributed by atoms with E-state index in [4.69, 9.17) is 5.11 Å². The van der Waals surface area contributed by atoms with Gasteiger partial charge in [-0.3, -0.25) is 4.99 Å². The fraction of sp³-hybridized carbons (Fsp3) is 0.200. The van der Waals surface area contributed by atoms with E-state index in [0.29, 0.717) is 0 Å². The summed E-state index contributed by atoms with van der Waals surface area (Å²) in [5, 5.41) is 8.55. The molecule has 0 bridgehead atoms. The van der Waals surface area contributed by atoms with Gasteiger partial charge in [0.05, 0.1) is 0 Å². The molecule has 0 spiro atoms. The molecule has 0 unspecified atom stereocenters. The van der Waals surface area contributed by atoms with Gasteiger partial charge in [-0.1, -0.05) is 30.3 Å². The number of aliphatic imine (C=N–C) groups is 1. The molecule has 0 aliphatic heterocycles. The van der Waals surface area contributed by atoms with Crippen LogP contribution in [0, 0.1) is 0 Å². The van der Waals surface area contributed by atoms with Crippen LogP contribution in [-0.4, -0.2) is 23.3 Å². The molecule has 0 saturated heterocycles. The second-order valence-electron chi connectivity index (χ2n) is 2.70. The molecule has 3 heteroatoms. The minimum absolute atomic E-state index is 0.680. The Morgan fingerprint density at radius 2 is 2.08 bits per heavy atom. The Morgan fingerprint density at radius 1 is 1.46 bits per heavy atom. The standard InChI is InChI=1S/C10H11NO2/c1-8(10(12)13)11-7-9-5-3-2-4-6-9/h2-8H,1H3,(H,12,13)/t8-/m1/s1. The quantitative estimate of drug-likeness (QED) is 0.712. The molecule has 0 radical (unpaired) electrons. The van der Waals surface area contributed by atoms with Gasteiger partial charge in [-0.15, -0.1) is 0 Å². The first-order valence-corrected chi connectivity index (χ1v) is 4.01. The number of hydrogen-bond donors (Lipinski definition) is 1. The van der Waals surface area contributed by atoms with Gasteiger partial charge in [-0.2, -0.15) is 0 Å². The average molecular weight is 177 g/mol. The van der Waals surface area contributed by atoms with Crippen molar-refractivity contribution >= 4 is 12.2 Å². The van der Waals surface area contributed by atoms with Crippen LogP contribution in [0.15, 0.2) is 35.3 Å². The number of carbonyl (C=O) groups is 1. The maximum atomic E-state index is 10.4. The van der Waals surface area contributed by atoms with E-state index in [0.717, 1.165) is 5.56 Å². The van der Waals surface area contributed by atoms with Gasteiger partial charge in [-0.05, 0) is 12.5 Å². The van der Waals surface area contributed by atoms with E-state index in [-0.39, 0.29) is 0 Å². The summed E-state index contributed by atoms with van der Waals surface area (Å²) in [7, 11) is 0. The van der Waals surface area contributed by atoms with Crippen LogP contribution in [0.1, 0.15) is 12.5 Å². The topological polar surface area (TPSA) is 49.7 Å². The summed E-state index contributed by atoms with van der Waals surface area (Å²) in [6, 6.07) is 8.73. The molecule has 1 N–H and O–H groups in total. The third-order valence-corrected chi connectivity index (χ3v) is 1.60. The summed E-state index contributed by atoms with van der Waals surface area (Å²) < 4.78 is 0. The number of hydrogen-bond acceptors (Lipinski definition) is 2. The fourth-order valence-electron chi connectivity index (χ4n) is 0.801. The van der Waals surface area contributed by atoms with Crippen molar-refractivity contribution in [2.45, 2.75) is 13.0 Å². The Kier molecular flexibility index (Phi) is 3.20. The van der Waals surface area contributed by atoms with Gasteiger partial charge < -0.3 is 5.11 Å². The summed E-state index contributed by atoms with van der Waals surface area (Å²) in [5.74, 6) is -0.910. The zero-order chi connectivity index (χ0) is 9.68. The lowest BCUT2D eigenvalue weighted by molar-refractivity contribution is -0.137. The monoisotopic (exact) mass is 177 g/mol. The normalized spacial score (nSPS) is 13.0. The van der Waals surface area contributed by atoms with Crippen molar-refractivity contribution in [3.63, 3.8) is 0 Å². The highest BCUT2D eigenvalue weighted by molar-refractivity contribution is 5.83. The van der Waals surface area contributed by atoms with E-state index < -0.39 is 12.0 Å². The van der Waals surface area contributed by atoms with Crippen LogP contribution in [-0.2, 0) is 4.79 Å². The predicted octanol–water partition coefficient (Wildman–Crippen LogP) is 1.58. The fourth-order valence-corrected chi connectivity index (χ4v) is 0.801. The molecule has 1 aromatic rings. The van der Waals surface area contributed by atoms with Crippen LogP contribution in [0.25, 0.3) is 0 Å². The molecule has 1 atom stereocenters. The molecule has 1 aromatic carbocycles. The summed E-state index contributed by atoms with van der Waals surface area (Å²) in [5.41, 5.74) is 0.913. The van der Waals surface area contributed by atoms with Gasteiger partial charge >= 0.3 is 5.97 Å². The van der Waals surface area contributed by atoms with Gasteiger partial charge in [0.15, 0.2) is 0 Å². The maximum Gasteiger partial charge on any atom is 0.328 e. The first-order chi connectivity index (χ1) is 6.20. The highest BCUT2D eigenvalue weighted by Gasteiger charge is 2.05. The Balaban J connectivity index is 2.64. The van der Waals surface area contributed by atoms with Crippen molar-refractivity contribution in [1.82, 2.24) is 0 Å². The average Bonchev–Trinajstić information content (AvgIpc) is 2.15. The van der Waals surface area contributed by atoms with E-state index in [2.05, 4.69) is 4.99 Å². The number of carboxylic acids is 1. The first-order valence-electron chi connectivity index (χ1n) is 4.01. The molecule has 0 aliphatic rings.